The number of carbonyl (C=O) groups is 3. The Balaban J connectivity index is 2.95. The van der Waals surface area contributed by atoms with Crippen LogP contribution in [-0.2, 0) is 9.59 Å². The van der Waals surface area contributed by atoms with E-state index in [9.17, 15) is 14.4 Å². The molecule has 0 saturated heterocycles. The molecule has 1 heterocycles. The molecule has 0 aliphatic carbocycles. The summed E-state index contributed by atoms with van der Waals surface area (Å²) in [4.78, 5) is 38.8. The molecule has 1 rings (SSSR count). The number of pyridine rings is 1. The van der Waals surface area contributed by atoms with Crippen LogP contribution in [0.2, 0.25) is 0 Å². The third kappa shape index (κ3) is 4.28. The number of rotatable bonds is 6. The second kappa shape index (κ2) is 6.57. The van der Waals surface area contributed by atoms with E-state index in [2.05, 4.69) is 4.98 Å². The van der Waals surface area contributed by atoms with Crippen molar-refractivity contribution in [1.29, 1.82) is 0 Å². The van der Waals surface area contributed by atoms with Crippen LogP contribution in [0.1, 0.15) is 16.1 Å². The zero-order valence-corrected chi connectivity index (χ0v) is 11.2. The monoisotopic (exact) mass is 295 g/mol. The molecule has 106 valence electrons. The van der Waals surface area contributed by atoms with Gasteiger partial charge in [0.15, 0.2) is 0 Å². The maximum Gasteiger partial charge on any atom is 0.273 e. The Kier molecular flexibility index (Phi) is 5.09. The number of aromatic nitrogens is 1. The smallest absolute Gasteiger partial charge is 0.273 e. The molecular weight excluding hydrogens is 282 g/mol. The van der Waals surface area contributed by atoms with Crippen LogP contribution in [0, 0.1) is 0 Å². The number of primary amides is 2. The Labute approximate surface area is 119 Å². The highest BCUT2D eigenvalue weighted by molar-refractivity contribution is 7.80. The van der Waals surface area contributed by atoms with Crippen molar-refractivity contribution in [3.63, 3.8) is 0 Å². The van der Waals surface area contributed by atoms with E-state index in [1.165, 1.54) is 18.3 Å². The molecule has 9 heteroatoms. The van der Waals surface area contributed by atoms with Gasteiger partial charge in [-0.3, -0.25) is 19.4 Å². The zero-order chi connectivity index (χ0) is 15.3. The first-order valence-corrected chi connectivity index (χ1v) is 5.84. The van der Waals surface area contributed by atoms with Crippen molar-refractivity contribution in [1.82, 2.24) is 9.88 Å². The third-order valence-corrected chi connectivity index (χ3v) is 2.48. The van der Waals surface area contributed by atoms with Gasteiger partial charge in [-0.25, -0.2) is 0 Å². The summed E-state index contributed by atoms with van der Waals surface area (Å²) in [5.74, 6) is -2.17. The van der Waals surface area contributed by atoms with Gasteiger partial charge in [0.1, 0.15) is 23.8 Å². The number of hydrogen-bond acceptors (Lipinski definition) is 5. The number of hydrogen-bond donors (Lipinski definition) is 3. The topological polar surface area (TPSA) is 145 Å². The molecule has 0 atom stereocenters. The summed E-state index contributed by atoms with van der Waals surface area (Å²) in [6, 6.07) is 2.89. The van der Waals surface area contributed by atoms with Crippen molar-refractivity contribution in [3.8, 4) is 0 Å². The molecule has 0 saturated carbocycles. The van der Waals surface area contributed by atoms with Crippen molar-refractivity contribution >= 4 is 34.9 Å². The fraction of sp³-hybridized carbons (Fsp3) is 0.182. The zero-order valence-electron chi connectivity index (χ0n) is 10.4. The van der Waals surface area contributed by atoms with E-state index in [1.807, 2.05) is 0 Å². The predicted octanol–water partition coefficient (Wildman–Crippen LogP) is -1.87. The first-order valence-electron chi connectivity index (χ1n) is 5.43. The van der Waals surface area contributed by atoms with Gasteiger partial charge in [0, 0.05) is 11.8 Å². The lowest BCUT2D eigenvalue weighted by Gasteiger charge is -2.18. The van der Waals surface area contributed by atoms with Crippen LogP contribution in [-0.4, -0.2) is 45.7 Å². The maximum atomic E-state index is 12.1. The summed E-state index contributed by atoms with van der Waals surface area (Å²) in [6.45, 7) is -0.860. The molecule has 0 fully saturated rings. The first kappa shape index (κ1) is 15.5. The molecule has 0 radical (unpaired) electrons. The lowest BCUT2D eigenvalue weighted by molar-refractivity contribution is -0.121. The van der Waals surface area contributed by atoms with Crippen molar-refractivity contribution in [2.45, 2.75) is 0 Å². The number of thiocarbonyl (C=S) groups is 1. The lowest BCUT2D eigenvalue weighted by atomic mass is 10.2. The highest BCUT2D eigenvalue weighted by Crippen LogP contribution is 2.04. The SMILES string of the molecule is NC(=O)CN(CC(N)=O)C(=O)c1ccc(C(N)=S)cn1. The van der Waals surface area contributed by atoms with E-state index in [4.69, 9.17) is 29.4 Å². The summed E-state index contributed by atoms with van der Waals surface area (Å²) in [5, 5.41) is 0. The average Bonchev–Trinajstić information content (AvgIpc) is 2.36. The lowest BCUT2D eigenvalue weighted by Crippen LogP contribution is -2.43. The fourth-order valence-electron chi connectivity index (χ4n) is 1.40. The van der Waals surface area contributed by atoms with Crippen LogP contribution in [0.4, 0.5) is 0 Å². The molecule has 0 bridgehead atoms. The summed E-state index contributed by atoms with van der Waals surface area (Å²) in [6.07, 6.45) is 1.32. The molecule has 0 aromatic carbocycles. The Morgan fingerprint density at radius 2 is 1.65 bits per heavy atom. The number of nitrogens with two attached hydrogens (primary N) is 3. The van der Waals surface area contributed by atoms with Crippen LogP contribution < -0.4 is 17.2 Å². The summed E-state index contributed by atoms with van der Waals surface area (Å²) >= 11 is 4.76. The molecule has 6 N–H and O–H groups in total. The van der Waals surface area contributed by atoms with Gasteiger partial charge in [0.2, 0.25) is 11.8 Å². The van der Waals surface area contributed by atoms with Gasteiger partial charge in [-0.05, 0) is 12.1 Å². The van der Waals surface area contributed by atoms with E-state index in [0.717, 1.165) is 4.90 Å². The van der Waals surface area contributed by atoms with Gasteiger partial charge in [-0.2, -0.15) is 0 Å². The van der Waals surface area contributed by atoms with Crippen LogP contribution in [0.5, 0.6) is 0 Å². The first-order chi connectivity index (χ1) is 9.31. The molecule has 0 aliphatic heterocycles. The fourth-order valence-corrected chi connectivity index (χ4v) is 1.52. The highest BCUT2D eigenvalue weighted by atomic mass is 32.1. The molecule has 0 unspecified atom stereocenters. The number of amides is 3. The highest BCUT2D eigenvalue weighted by Gasteiger charge is 2.20. The summed E-state index contributed by atoms with van der Waals surface area (Å²) in [5.41, 5.74) is 15.9. The summed E-state index contributed by atoms with van der Waals surface area (Å²) in [7, 11) is 0. The molecule has 1 aromatic heterocycles. The Morgan fingerprint density at radius 1 is 1.10 bits per heavy atom. The minimum atomic E-state index is -0.764. The van der Waals surface area contributed by atoms with Crippen molar-refractivity contribution in [3.05, 3.63) is 29.6 Å². The Morgan fingerprint density at radius 3 is 2.00 bits per heavy atom. The van der Waals surface area contributed by atoms with Crippen LogP contribution in [0.15, 0.2) is 18.3 Å². The van der Waals surface area contributed by atoms with Crippen molar-refractivity contribution in [2.75, 3.05) is 13.1 Å². The van der Waals surface area contributed by atoms with Gasteiger partial charge in [-0.1, -0.05) is 12.2 Å². The normalized spacial score (nSPS) is 9.80. The molecule has 8 nitrogen and oxygen atoms in total. The van der Waals surface area contributed by atoms with Gasteiger partial charge < -0.3 is 22.1 Å². The van der Waals surface area contributed by atoms with E-state index in [-0.39, 0.29) is 10.7 Å². The van der Waals surface area contributed by atoms with Crippen LogP contribution >= 0.6 is 12.2 Å². The van der Waals surface area contributed by atoms with Gasteiger partial charge in [0.05, 0.1) is 0 Å². The Hall–Kier alpha value is -2.55. The Bertz CT molecular complexity index is 542. The van der Waals surface area contributed by atoms with Crippen LogP contribution in [0.25, 0.3) is 0 Å². The number of nitrogens with zero attached hydrogens (tertiary/aromatic N) is 2. The van der Waals surface area contributed by atoms with Crippen molar-refractivity contribution < 1.29 is 14.4 Å². The average molecular weight is 295 g/mol. The maximum absolute atomic E-state index is 12.1. The van der Waals surface area contributed by atoms with E-state index < -0.39 is 30.8 Å². The number of carbonyl (C=O) groups excluding carboxylic acids is 3. The quantitative estimate of drug-likeness (QED) is 0.524. The molecule has 20 heavy (non-hydrogen) atoms. The second-order valence-corrected chi connectivity index (χ2v) is 4.33. The van der Waals surface area contributed by atoms with Crippen molar-refractivity contribution in [2.24, 2.45) is 17.2 Å². The van der Waals surface area contributed by atoms with E-state index >= 15 is 0 Å². The predicted molar refractivity (Wildman–Crippen MR) is 74.4 cm³/mol. The minimum Gasteiger partial charge on any atom is -0.389 e. The molecule has 3 amide bonds. The van der Waals surface area contributed by atoms with Gasteiger partial charge in [-0.15, -0.1) is 0 Å². The molecule has 0 spiro atoms. The van der Waals surface area contributed by atoms with E-state index in [1.54, 1.807) is 0 Å². The second-order valence-electron chi connectivity index (χ2n) is 3.89. The van der Waals surface area contributed by atoms with E-state index in [0.29, 0.717) is 5.56 Å². The standard InChI is InChI=1S/C11H13N5O3S/c12-8(17)4-16(5-9(13)18)11(19)7-2-1-6(3-15-7)10(14)20/h1-3H,4-5H2,(H2,12,17)(H2,13,18)(H2,14,20). The molecule has 1 aromatic rings. The largest absolute Gasteiger partial charge is 0.389 e. The van der Waals surface area contributed by atoms with Crippen LogP contribution in [0.3, 0.4) is 0 Å². The minimum absolute atomic E-state index is 0.0208. The third-order valence-electron chi connectivity index (χ3n) is 2.25. The van der Waals surface area contributed by atoms with Gasteiger partial charge in [0.25, 0.3) is 5.91 Å². The molecule has 0 aliphatic rings. The van der Waals surface area contributed by atoms with Gasteiger partial charge >= 0.3 is 0 Å². The summed E-state index contributed by atoms with van der Waals surface area (Å²) < 4.78 is 0. The molecular formula is C11H13N5O3S.